The molecule has 0 N–H and O–H groups in total. The van der Waals surface area contributed by atoms with Crippen LogP contribution in [0.15, 0.2) is 0 Å². The molecular formula is C15H26O2. The second-order valence-electron chi connectivity index (χ2n) is 6.34. The molecule has 0 spiro atoms. The van der Waals surface area contributed by atoms with Gasteiger partial charge in [-0.05, 0) is 30.6 Å². The molecule has 2 nitrogen and oxygen atoms in total. The first kappa shape index (κ1) is 12.9. The third-order valence-electron chi connectivity index (χ3n) is 5.45. The van der Waals surface area contributed by atoms with Crippen molar-refractivity contribution in [3.8, 4) is 0 Å². The number of hydrogen-bond donors (Lipinski definition) is 0. The minimum Gasteiger partial charge on any atom is -0.462 e. The van der Waals surface area contributed by atoms with E-state index in [1.807, 2.05) is 6.92 Å². The highest BCUT2D eigenvalue weighted by atomic mass is 16.6. The Balaban J connectivity index is 2.10. The summed E-state index contributed by atoms with van der Waals surface area (Å²) in [5.74, 6) is 1.43. The van der Waals surface area contributed by atoms with Gasteiger partial charge in [0.05, 0.1) is 5.92 Å². The minimum absolute atomic E-state index is 0.0359. The molecule has 17 heavy (non-hydrogen) atoms. The van der Waals surface area contributed by atoms with E-state index in [9.17, 15) is 4.79 Å². The zero-order valence-electron chi connectivity index (χ0n) is 11.7. The van der Waals surface area contributed by atoms with Crippen molar-refractivity contribution in [1.82, 2.24) is 0 Å². The lowest BCUT2D eigenvalue weighted by atomic mass is 9.61. The summed E-state index contributed by atoms with van der Waals surface area (Å²) in [5, 5.41) is 0. The van der Waals surface area contributed by atoms with Crippen LogP contribution in [0.5, 0.6) is 0 Å². The molecule has 2 aliphatic rings. The summed E-state index contributed by atoms with van der Waals surface area (Å²) in [6.07, 6.45) is 6.21. The van der Waals surface area contributed by atoms with Crippen LogP contribution in [-0.4, -0.2) is 12.1 Å². The Hall–Kier alpha value is -0.530. The van der Waals surface area contributed by atoms with E-state index in [1.165, 1.54) is 25.7 Å². The second-order valence-corrected chi connectivity index (χ2v) is 6.34. The molecule has 0 bridgehead atoms. The van der Waals surface area contributed by atoms with E-state index >= 15 is 0 Å². The van der Waals surface area contributed by atoms with Gasteiger partial charge in [-0.15, -0.1) is 0 Å². The van der Waals surface area contributed by atoms with Crippen LogP contribution in [0.3, 0.4) is 0 Å². The number of rotatable bonds is 3. The molecular weight excluding hydrogens is 212 g/mol. The van der Waals surface area contributed by atoms with Crippen molar-refractivity contribution >= 4 is 5.97 Å². The Bertz CT molecular complexity index is 295. The van der Waals surface area contributed by atoms with Crippen LogP contribution >= 0.6 is 0 Å². The first-order valence-electron chi connectivity index (χ1n) is 7.22. The number of fused-ring (bicyclic) bond motifs is 1. The highest BCUT2D eigenvalue weighted by molar-refractivity contribution is 5.74. The molecule has 1 aliphatic heterocycles. The lowest BCUT2D eigenvalue weighted by Crippen LogP contribution is -2.39. The quantitative estimate of drug-likeness (QED) is 0.699. The summed E-state index contributed by atoms with van der Waals surface area (Å²) >= 11 is 0. The number of carbonyl (C=O) groups excluding carboxylic acids is 1. The molecule has 2 fully saturated rings. The number of esters is 1. The zero-order chi connectivity index (χ0) is 12.6. The highest BCUT2D eigenvalue weighted by Gasteiger charge is 2.49. The fourth-order valence-corrected chi connectivity index (χ4v) is 4.17. The standard InChI is InChI=1S/C15H26O2/c1-5-11(6-2)15(4)8-7-12-10(3)14(16)17-13(12)9-15/h10-13H,5-9H2,1-4H3. The fraction of sp³-hybridized carbons (Fsp3) is 0.933. The van der Waals surface area contributed by atoms with Crippen LogP contribution in [0.25, 0.3) is 0 Å². The summed E-state index contributed by atoms with van der Waals surface area (Å²) in [7, 11) is 0. The molecule has 1 saturated heterocycles. The van der Waals surface area contributed by atoms with Crippen molar-refractivity contribution in [2.45, 2.75) is 65.9 Å². The summed E-state index contributed by atoms with van der Waals surface area (Å²) in [6, 6.07) is 0. The molecule has 0 aromatic heterocycles. The van der Waals surface area contributed by atoms with E-state index in [-0.39, 0.29) is 18.0 Å². The molecule has 1 heterocycles. The molecule has 0 aromatic rings. The summed E-state index contributed by atoms with van der Waals surface area (Å²) in [4.78, 5) is 11.6. The first-order chi connectivity index (χ1) is 8.01. The van der Waals surface area contributed by atoms with E-state index in [0.717, 1.165) is 12.3 Å². The maximum Gasteiger partial charge on any atom is 0.309 e. The van der Waals surface area contributed by atoms with E-state index in [2.05, 4.69) is 20.8 Å². The molecule has 4 unspecified atom stereocenters. The van der Waals surface area contributed by atoms with Crippen LogP contribution in [0.4, 0.5) is 0 Å². The molecule has 2 rings (SSSR count). The largest absolute Gasteiger partial charge is 0.462 e. The number of ether oxygens (including phenoxy) is 1. The summed E-state index contributed by atoms with van der Waals surface area (Å²) < 4.78 is 5.57. The normalized spacial score (nSPS) is 41.5. The molecule has 0 amide bonds. The molecule has 1 saturated carbocycles. The predicted molar refractivity (Wildman–Crippen MR) is 68.6 cm³/mol. The van der Waals surface area contributed by atoms with Gasteiger partial charge in [-0.1, -0.05) is 40.5 Å². The van der Waals surface area contributed by atoms with Gasteiger partial charge >= 0.3 is 5.97 Å². The van der Waals surface area contributed by atoms with Gasteiger partial charge in [-0.3, -0.25) is 4.79 Å². The molecule has 0 radical (unpaired) electrons. The Morgan fingerprint density at radius 2 is 2.06 bits per heavy atom. The molecule has 0 aromatic carbocycles. The van der Waals surface area contributed by atoms with Gasteiger partial charge in [0.1, 0.15) is 6.10 Å². The third kappa shape index (κ3) is 2.11. The van der Waals surface area contributed by atoms with Gasteiger partial charge in [0, 0.05) is 5.92 Å². The van der Waals surface area contributed by atoms with Crippen molar-refractivity contribution < 1.29 is 9.53 Å². The molecule has 98 valence electrons. The van der Waals surface area contributed by atoms with Crippen molar-refractivity contribution in [3.05, 3.63) is 0 Å². The first-order valence-corrected chi connectivity index (χ1v) is 7.22. The Kier molecular flexibility index (Phi) is 3.51. The second kappa shape index (κ2) is 4.62. The van der Waals surface area contributed by atoms with Crippen LogP contribution < -0.4 is 0 Å². The van der Waals surface area contributed by atoms with Gasteiger partial charge in [0.15, 0.2) is 0 Å². The van der Waals surface area contributed by atoms with Gasteiger partial charge < -0.3 is 4.74 Å². The molecule has 1 aliphatic carbocycles. The molecule has 2 heteroatoms. The van der Waals surface area contributed by atoms with E-state index in [1.54, 1.807) is 0 Å². The van der Waals surface area contributed by atoms with Crippen molar-refractivity contribution in [2.75, 3.05) is 0 Å². The molecule has 4 atom stereocenters. The average Bonchev–Trinajstić information content (AvgIpc) is 2.55. The van der Waals surface area contributed by atoms with E-state index in [0.29, 0.717) is 11.3 Å². The fourth-order valence-electron chi connectivity index (χ4n) is 4.17. The lowest BCUT2D eigenvalue weighted by molar-refractivity contribution is -0.145. The Labute approximate surface area is 105 Å². The topological polar surface area (TPSA) is 26.3 Å². The number of carbonyl (C=O) groups is 1. The maximum atomic E-state index is 11.6. The van der Waals surface area contributed by atoms with Gasteiger partial charge in [0.2, 0.25) is 0 Å². The SMILES string of the molecule is CCC(CC)C1(C)CCC2C(C1)OC(=O)C2C. The van der Waals surface area contributed by atoms with E-state index in [4.69, 9.17) is 4.74 Å². The van der Waals surface area contributed by atoms with Crippen molar-refractivity contribution in [1.29, 1.82) is 0 Å². The average molecular weight is 238 g/mol. The van der Waals surface area contributed by atoms with Crippen LogP contribution in [0, 0.1) is 23.2 Å². The zero-order valence-corrected chi connectivity index (χ0v) is 11.7. The van der Waals surface area contributed by atoms with Gasteiger partial charge in [-0.2, -0.15) is 0 Å². The van der Waals surface area contributed by atoms with Gasteiger partial charge in [0.25, 0.3) is 0 Å². The van der Waals surface area contributed by atoms with Crippen molar-refractivity contribution in [3.63, 3.8) is 0 Å². The minimum atomic E-state index is 0.0359. The van der Waals surface area contributed by atoms with Crippen LogP contribution in [0.1, 0.15) is 59.8 Å². The lowest BCUT2D eigenvalue weighted by Gasteiger charge is -2.44. The Morgan fingerprint density at radius 1 is 1.41 bits per heavy atom. The van der Waals surface area contributed by atoms with Crippen LogP contribution in [-0.2, 0) is 9.53 Å². The van der Waals surface area contributed by atoms with Crippen molar-refractivity contribution in [2.24, 2.45) is 23.2 Å². The monoisotopic (exact) mass is 238 g/mol. The summed E-state index contributed by atoms with van der Waals surface area (Å²) in [6.45, 7) is 9.01. The highest BCUT2D eigenvalue weighted by Crippen LogP contribution is 2.51. The Morgan fingerprint density at radius 3 is 2.65 bits per heavy atom. The smallest absolute Gasteiger partial charge is 0.309 e. The van der Waals surface area contributed by atoms with E-state index < -0.39 is 0 Å². The van der Waals surface area contributed by atoms with Crippen LogP contribution in [0.2, 0.25) is 0 Å². The summed E-state index contributed by atoms with van der Waals surface area (Å²) in [5.41, 5.74) is 0.384. The predicted octanol–water partition coefficient (Wildman–Crippen LogP) is 3.79. The number of hydrogen-bond acceptors (Lipinski definition) is 2. The maximum absolute atomic E-state index is 11.6. The van der Waals surface area contributed by atoms with Gasteiger partial charge in [-0.25, -0.2) is 0 Å². The third-order valence-corrected chi connectivity index (χ3v) is 5.45.